The molecule has 0 aromatic heterocycles. The predicted octanol–water partition coefficient (Wildman–Crippen LogP) is 4.83. The van der Waals surface area contributed by atoms with Gasteiger partial charge in [0.2, 0.25) is 0 Å². The number of benzene rings is 1. The van der Waals surface area contributed by atoms with E-state index < -0.39 is 0 Å². The Labute approximate surface area is 119 Å². The van der Waals surface area contributed by atoms with Crippen molar-refractivity contribution < 1.29 is 0 Å². The zero-order valence-corrected chi connectivity index (χ0v) is 13.0. The van der Waals surface area contributed by atoms with E-state index in [0.29, 0.717) is 10.8 Å². The van der Waals surface area contributed by atoms with Crippen LogP contribution < -0.4 is 0 Å². The molecule has 90 valence electrons. The van der Waals surface area contributed by atoms with Gasteiger partial charge in [0.15, 0.2) is 0 Å². The van der Waals surface area contributed by atoms with Gasteiger partial charge in [-0.1, -0.05) is 69.0 Å². The second-order valence-electron chi connectivity index (χ2n) is 6.07. The van der Waals surface area contributed by atoms with Gasteiger partial charge >= 0.3 is 0 Å². The molecule has 3 aliphatic carbocycles. The Bertz CT molecular complexity index is 450. The van der Waals surface area contributed by atoms with Crippen molar-refractivity contribution in [3.8, 4) is 0 Å². The quantitative estimate of drug-likeness (QED) is 0.584. The fourth-order valence-corrected chi connectivity index (χ4v) is 7.35. The zero-order chi connectivity index (χ0) is 11.7. The van der Waals surface area contributed by atoms with Crippen molar-refractivity contribution in [3.63, 3.8) is 0 Å². The third kappa shape index (κ3) is 1.07. The van der Waals surface area contributed by atoms with Crippen LogP contribution in [0.2, 0.25) is 0 Å². The summed E-state index contributed by atoms with van der Waals surface area (Å²) in [6.45, 7) is 0. The molecule has 0 bridgehead atoms. The Hall–Kier alpha value is 0.180. The van der Waals surface area contributed by atoms with Crippen LogP contribution in [0.3, 0.4) is 0 Å². The normalized spacial score (nSPS) is 41.1. The minimum atomic E-state index is 0.204. The van der Waals surface area contributed by atoms with Crippen molar-refractivity contribution in [2.45, 2.75) is 41.8 Å². The van der Waals surface area contributed by atoms with Gasteiger partial charge in [-0.05, 0) is 36.8 Å². The maximum absolute atomic E-state index is 4.03. The Morgan fingerprint density at radius 2 is 1.29 bits per heavy atom. The molecule has 0 N–H and O–H groups in total. The van der Waals surface area contributed by atoms with Gasteiger partial charge in [0.25, 0.3) is 0 Å². The maximum Gasteiger partial charge on any atom is 0.0935 e. The van der Waals surface area contributed by atoms with Crippen LogP contribution >= 0.6 is 31.9 Å². The topological polar surface area (TPSA) is 0 Å². The van der Waals surface area contributed by atoms with Gasteiger partial charge in [-0.2, -0.15) is 0 Å². The van der Waals surface area contributed by atoms with Crippen molar-refractivity contribution >= 4 is 31.9 Å². The van der Waals surface area contributed by atoms with E-state index in [4.69, 9.17) is 0 Å². The highest BCUT2D eigenvalue weighted by Gasteiger charge is 2.85. The average molecular weight is 356 g/mol. The molecule has 2 saturated carbocycles. The summed E-state index contributed by atoms with van der Waals surface area (Å²) in [5, 5.41) is 0. The number of rotatable bonds is 0. The molecule has 0 amide bonds. The third-order valence-corrected chi connectivity index (χ3v) is 8.65. The third-order valence-electron chi connectivity index (χ3n) is 5.62. The van der Waals surface area contributed by atoms with Gasteiger partial charge in [-0.25, -0.2) is 0 Å². The van der Waals surface area contributed by atoms with E-state index >= 15 is 0 Å². The van der Waals surface area contributed by atoms with Crippen LogP contribution in [0.1, 0.15) is 36.8 Å². The van der Waals surface area contributed by atoms with E-state index in [1.54, 1.807) is 11.1 Å². The van der Waals surface area contributed by atoms with Crippen molar-refractivity contribution in [3.05, 3.63) is 35.4 Å². The monoisotopic (exact) mass is 354 g/mol. The summed E-state index contributed by atoms with van der Waals surface area (Å²) in [7, 11) is 0. The molecule has 1 aromatic carbocycles. The molecule has 0 nitrogen and oxygen atoms in total. The summed E-state index contributed by atoms with van der Waals surface area (Å²) in [6, 6.07) is 9.05. The zero-order valence-electron chi connectivity index (χ0n) is 9.81. The van der Waals surface area contributed by atoms with E-state index in [0.717, 1.165) is 0 Å². The highest BCUT2D eigenvalue weighted by atomic mass is 79.9. The highest BCUT2D eigenvalue weighted by Crippen LogP contribution is 2.87. The molecule has 0 saturated heterocycles. The van der Waals surface area contributed by atoms with Crippen LogP contribution in [0, 0.1) is 10.8 Å². The van der Waals surface area contributed by atoms with Crippen LogP contribution in [0.15, 0.2) is 24.3 Å². The minimum Gasteiger partial charge on any atom is -0.0714 e. The molecular weight excluding hydrogens is 340 g/mol. The van der Waals surface area contributed by atoms with E-state index in [1.807, 2.05) is 0 Å². The summed E-state index contributed by atoms with van der Waals surface area (Å²) in [4.78, 5) is 0. The second-order valence-corrected chi connectivity index (χ2v) is 9.51. The fraction of sp³-hybridized carbons (Fsp3) is 0.600. The van der Waals surface area contributed by atoms with Gasteiger partial charge in [-0.3, -0.25) is 0 Å². The highest BCUT2D eigenvalue weighted by molar-refractivity contribution is 9.25. The second kappa shape index (κ2) is 3.19. The van der Waals surface area contributed by atoms with Crippen molar-refractivity contribution in [1.82, 2.24) is 0 Å². The largest absolute Gasteiger partial charge is 0.0935 e. The molecule has 3 aliphatic rings. The average Bonchev–Trinajstić information content (AvgIpc) is 2.78. The predicted molar refractivity (Wildman–Crippen MR) is 77.8 cm³/mol. The summed E-state index contributed by atoms with van der Waals surface area (Å²) in [5.74, 6) is 0. The van der Waals surface area contributed by atoms with Gasteiger partial charge in [0, 0.05) is 10.8 Å². The molecule has 2 atom stereocenters. The number of hydrogen-bond donors (Lipinski definition) is 0. The first kappa shape index (κ1) is 11.0. The lowest BCUT2D eigenvalue weighted by atomic mass is 9.69. The Balaban J connectivity index is 1.87. The Kier molecular flexibility index (Phi) is 2.07. The minimum absolute atomic E-state index is 0.204. The number of alkyl halides is 2. The summed E-state index contributed by atoms with van der Waals surface area (Å²) in [5.41, 5.74) is 4.16. The number of hydrogen-bond acceptors (Lipinski definition) is 0. The molecule has 4 rings (SSSR count). The van der Waals surface area contributed by atoms with Crippen molar-refractivity contribution in [2.75, 3.05) is 0 Å². The van der Waals surface area contributed by atoms with E-state index in [1.165, 1.54) is 38.5 Å². The van der Waals surface area contributed by atoms with Crippen molar-refractivity contribution in [1.29, 1.82) is 0 Å². The molecule has 0 radical (unpaired) electrons. The SMILES string of the molecule is BrC1(Br)[C@]23CCCC[C@@]12Cc1ccccc1C3. The van der Waals surface area contributed by atoms with Gasteiger partial charge < -0.3 is 0 Å². The molecule has 1 aromatic rings. The molecule has 0 spiro atoms. The molecule has 2 heteroatoms. The molecular formula is C15H16Br2. The molecule has 0 heterocycles. The first-order valence-electron chi connectivity index (χ1n) is 6.58. The molecule has 2 fully saturated rings. The lowest BCUT2D eigenvalue weighted by molar-refractivity contribution is 0.221. The summed E-state index contributed by atoms with van der Waals surface area (Å²) >= 11 is 8.06. The van der Waals surface area contributed by atoms with Crippen LogP contribution in [0.25, 0.3) is 0 Å². The van der Waals surface area contributed by atoms with E-state index in [2.05, 4.69) is 56.1 Å². The molecule has 0 aliphatic heterocycles. The van der Waals surface area contributed by atoms with E-state index in [9.17, 15) is 0 Å². The number of fused-ring (bicyclic) bond motifs is 1. The maximum atomic E-state index is 4.03. The first-order chi connectivity index (χ1) is 8.13. The lowest BCUT2D eigenvalue weighted by Crippen LogP contribution is -2.28. The molecule has 0 unspecified atom stereocenters. The standard InChI is InChI=1S/C15H16Br2/c16-15(17)13-7-3-4-8-14(13,15)10-12-6-2-1-5-11(12)9-13/h1-2,5-6H,3-4,7-10H2/t13-,14-/m0/s1. The lowest BCUT2D eigenvalue weighted by Gasteiger charge is -2.34. The summed E-state index contributed by atoms with van der Waals surface area (Å²) < 4.78 is 0.204. The van der Waals surface area contributed by atoms with Gasteiger partial charge in [-0.15, -0.1) is 0 Å². The number of halogens is 2. The Morgan fingerprint density at radius 1 is 0.824 bits per heavy atom. The van der Waals surface area contributed by atoms with Crippen LogP contribution in [-0.2, 0) is 12.8 Å². The smallest absolute Gasteiger partial charge is 0.0714 e. The van der Waals surface area contributed by atoms with Gasteiger partial charge in [0.1, 0.15) is 0 Å². The fourth-order valence-electron chi connectivity index (χ4n) is 4.68. The van der Waals surface area contributed by atoms with Crippen LogP contribution in [0.5, 0.6) is 0 Å². The van der Waals surface area contributed by atoms with Gasteiger partial charge in [0.05, 0.1) is 3.23 Å². The van der Waals surface area contributed by atoms with Crippen LogP contribution in [0.4, 0.5) is 0 Å². The van der Waals surface area contributed by atoms with E-state index in [-0.39, 0.29) is 3.23 Å². The van der Waals surface area contributed by atoms with Crippen LogP contribution in [-0.4, -0.2) is 3.23 Å². The molecule has 17 heavy (non-hydrogen) atoms. The van der Waals surface area contributed by atoms with Crippen molar-refractivity contribution in [2.24, 2.45) is 10.8 Å². The summed E-state index contributed by atoms with van der Waals surface area (Å²) in [6.07, 6.45) is 8.11. The first-order valence-corrected chi connectivity index (χ1v) is 8.16. The Morgan fingerprint density at radius 3 is 1.76 bits per heavy atom.